The quantitative estimate of drug-likeness (QED) is 0.193. The second kappa shape index (κ2) is 8.67. The molecule has 1 aromatic rings. The first-order chi connectivity index (χ1) is 13.3. The van der Waals surface area contributed by atoms with Gasteiger partial charge in [0.2, 0.25) is 20.0 Å². The van der Waals surface area contributed by atoms with Gasteiger partial charge in [0.15, 0.2) is 5.11 Å². The Morgan fingerprint density at radius 2 is 1.86 bits per heavy atom. The molecule has 1 heterocycles. The molecule has 0 amide bonds. The van der Waals surface area contributed by atoms with E-state index in [1.54, 1.807) is 25.1 Å². The average molecular weight is 459 g/mol. The van der Waals surface area contributed by atoms with E-state index in [1.165, 1.54) is 24.6 Å². The van der Waals surface area contributed by atoms with Crippen molar-refractivity contribution in [3.05, 3.63) is 41.6 Å². The van der Waals surface area contributed by atoms with Crippen molar-refractivity contribution in [3.8, 4) is 0 Å². The Hall–Kier alpha value is -2.19. The molecule has 0 aromatic heterocycles. The summed E-state index contributed by atoms with van der Waals surface area (Å²) in [5.41, 5.74) is 7.20. The highest BCUT2D eigenvalue weighted by atomic mass is 32.2. The van der Waals surface area contributed by atoms with Crippen molar-refractivity contribution in [2.45, 2.75) is 24.4 Å². The molecule has 0 fully saturated rings. The zero-order chi connectivity index (χ0) is 21.9. The summed E-state index contributed by atoms with van der Waals surface area (Å²) in [5.74, 6) is -0.652. The third-order valence-corrected chi connectivity index (χ3v) is 6.22. The molecule has 0 bridgehead atoms. The minimum Gasteiger partial charge on any atom is -0.375 e. The van der Waals surface area contributed by atoms with Gasteiger partial charge >= 0.3 is 0 Å². The third kappa shape index (κ3) is 6.40. The Bertz CT molecular complexity index is 1080. The van der Waals surface area contributed by atoms with Crippen molar-refractivity contribution >= 4 is 49.8 Å². The van der Waals surface area contributed by atoms with Crippen LogP contribution in [-0.4, -0.2) is 46.3 Å². The van der Waals surface area contributed by atoms with Gasteiger partial charge in [0.25, 0.3) is 0 Å². The monoisotopic (exact) mass is 458 g/mol. The molecule has 2 atom stereocenters. The topological polar surface area (TPSA) is 155 Å². The highest BCUT2D eigenvalue weighted by Gasteiger charge is 2.42. The number of sulfonamides is 2. The number of hydrazone groups is 1. The van der Waals surface area contributed by atoms with Crippen molar-refractivity contribution in [2.75, 3.05) is 6.26 Å². The lowest BCUT2D eigenvalue weighted by atomic mass is 9.94. The van der Waals surface area contributed by atoms with Gasteiger partial charge in [-0.25, -0.2) is 16.8 Å². The molecular formula is C16H22N6O4S3. The van der Waals surface area contributed by atoms with E-state index in [0.717, 1.165) is 11.8 Å². The molecule has 0 radical (unpaired) electrons. The molecular weight excluding hydrogens is 436 g/mol. The minimum atomic E-state index is -4.06. The molecule has 0 saturated heterocycles. The van der Waals surface area contributed by atoms with Gasteiger partial charge in [-0.15, -0.1) is 0 Å². The molecule has 29 heavy (non-hydrogen) atoms. The number of nitrogens with two attached hydrogens (primary N) is 1. The van der Waals surface area contributed by atoms with Crippen molar-refractivity contribution in [3.63, 3.8) is 0 Å². The van der Waals surface area contributed by atoms with Crippen LogP contribution >= 0.6 is 12.2 Å². The molecule has 1 aromatic carbocycles. The van der Waals surface area contributed by atoms with Gasteiger partial charge in [-0.05, 0) is 31.3 Å². The zero-order valence-corrected chi connectivity index (χ0v) is 18.4. The number of hydrogen-bond acceptors (Lipinski definition) is 7. The van der Waals surface area contributed by atoms with Crippen molar-refractivity contribution in [2.24, 2.45) is 21.7 Å². The molecule has 0 spiro atoms. The summed E-state index contributed by atoms with van der Waals surface area (Å²) in [6, 6.07) is 6.16. The summed E-state index contributed by atoms with van der Waals surface area (Å²) in [6.07, 6.45) is 5.00. The molecule has 1 aliphatic rings. The number of aliphatic imine (C=N–C) groups is 1. The van der Waals surface area contributed by atoms with Crippen LogP contribution in [0.4, 0.5) is 0 Å². The predicted octanol–water partition coefficient (Wildman–Crippen LogP) is -0.0578. The van der Waals surface area contributed by atoms with E-state index >= 15 is 0 Å². The summed E-state index contributed by atoms with van der Waals surface area (Å²) in [6.45, 7) is 3.46. The van der Waals surface area contributed by atoms with E-state index in [1.807, 2.05) is 6.92 Å². The number of thiocarbonyl (C=S) groups is 1. The second-order valence-corrected chi connectivity index (χ2v) is 10.4. The average Bonchev–Trinajstić information content (AvgIpc) is 2.56. The van der Waals surface area contributed by atoms with Crippen LogP contribution in [0.15, 0.2) is 51.0 Å². The maximum atomic E-state index is 12.9. The van der Waals surface area contributed by atoms with Gasteiger partial charge in [0.1, 0.15) is 5.66 Å². The highest BCUT2D eigenvalue weighted by molar-refractivity contribution is 7.90. The molecule has 158 valence electrons. The van der Waals surface area contributed by atoms with Gasteiger partial charge in [-0.3, -0.25) is 10.4 Å². The largest absolute Gasteiger partial charge is 0.375 e. The van der Waals surface area contributed by atoms with Gasteiger partial charge in [0.05, 0.1) is 23.1 Å². The van der Waals surface area contributed by atoms with E-state index in [2.05, 4.69) is 37.2 Å². The Morgan fingerprint density at radius 1 is 1.24 bits per heavy atom. The predicted molar refractivity (Wildman–Crippen MR) is 116 cm³/mol. The van der Waals surface area contributed by atoms with Crippen molar-refractivity contribution < 1.29 is 16.8 Å². The summed E-state index contributed by atoms with van der Waals surface area (Å²) >= 11 is 4.64. The first kappa shape index (κ1) is 23.1. The van der Waals surface area contributed by atoms with E-state index in [-0.39, 0.29) is 10.0 Å². The summed E-state index contributed by atoms with van der Waals surface area (Å²) in [4.78, 5) is 4.11. The fourth-order valence-corrected chi connectivity index (χ4v) is 4.89. The standard InChI is InChI=1S/C16H22N6O4S3/c1-11-4-6-14(7-5-11)29(25,26)22-16(21-28(3,23)24)10-18-13(8-12(16)2)9-19-20-15(17)27/h4-10,12,21-22H,1-3H3,(H3,17,20,27). The Kier molecular flexibility index (Phi) is 6.90. The highest BCUT2D eigenvalue weighted by Crippen LogP contribution is 2.24. The first-order valence-corrected chi connectivity index (χ1v) is 12.1. The first-order valence-electron chi connectivity index (χ1n) is 8.28. The van der Waals surface area contributed by atoms with Crippen LogP contribution in [0.2, 0.25) is 0 Å². The summed E-state index contributed by atoms with van der Waals surface area (Å²) in [7, 11) is -7.86. The van der Waals surface area contributed by atoms with E-state index < -0.39 is 31.6 Å². The van der Waals surface area contributed by atoms with Crippen molar-refractivity contribution in [1.29, 1.82) is 0 Å². The summed E-state index contributed by atoms with van der Waals surface area (Å²) in [5, 5.41) is 3.75. The Balaban J connectivity index is 2.39. The van der Waals surface area contributed by atoms with Crippen LogP contribution < -0.4 is 20.6 Å². The molecule has 2 rings (SSSR count). The van der Waals surface area contributed by atoms with Crippen LogP contribution in [0.3, 0.4) is 0 Å². The summed E-state index contributed by atoms with van der Waals surface area (Å²) < 4.78 is 54.4. The van der Waals surface area contributed by atoms with Crippen LogP contribution in [-0.2, 0) is 20.0 Å². The SMILES string of the molecule is Cc1ccc(S(=O)(=O)NC2(NS(C)(=O)=O)C=NC(C=NNC(N)=S)=CC2C)cc1. The van der Waals surface area contributed by atoms with E-state index in [4.69, 9.17) is 5.73 Å². The van der Waals surface area contributed by atoms with E-state index in [9.17, 15) is 16.8 Å². The molecule has 2 unspecified atom stereocenters. The zero-order valence-electron chi connectivity index (χ0n) is 15.9. The second-order valence-electron chi connectivity index (χ2n) is 6.53. The fraction of sp³-hybridized carbons (Fsp3) is 0.312. The number of nitrogens with zero attached hydrogens (tertiary/aromatic N) is 2. The molecule has 10 nitrogen and oxygen atoms in total. The molecule has 0 aliphatic carbocycles. The normalized spacial score (nSPS) is 22.4. The molecule has 0 saturated carbocycles. The van der Waals surface area contributed by atoms with Gasteiger partial charge in [-0.2, -0.15) is 14.5 Å². The van der Waals surface area contributed by atoms with Crippen LogP contribution in [0, 0.1) is 12.8 Å². The minimum absolute atomic E-state index is 0.00428. The number of allylic oxidation sites excluding steroid dienone is 1. The van der Waals surface area contributed by atoms with Crippen LogP contribution in [0.1, 0.15) is 12.5 Å². The maximum absolute atomic E-state index is 12.9. The Labute approximate surface area is 175 Å². The van der Waals surface area contributed by atoms with Gasteiger partial charge in [-0.1, -0.05) is 30.7 Å². The maximum Gasteiger partial charge on any atom is 0.242 e. The number of hydrogen-bond donors (Lipinski definition) is 4. The molecule has 13 heteroatoms. The van der Waals surface area contributed by atoms with E-state index in [0.29, 0.717) is 5.70 Å². The lowest BCUT2D eigenvalue weighted by molar-refractivity contribution is 0.383. The third-order valence-electron chi connectivity index (χ3n) is 3.92. The lowest BCUT2D eigenvalue weighted by Gasteiger charge is -2.36. The number of rotatable bonds is 7. The van der Waals surface area contributed by atoms with Gasteiger partial charge < -0.3 is 5.73 Å². The number of benzene rings is 1. The van der Waals surface area contributed by atoms with Crippen molar-refractivity contribution in [1.82, 2.24) is 14.9 Å². The number of aryl methyl sites for hydroxylation is 1. The molecule has 5 N–H and O–H groups in total. The lowest BCUT2D eigenvalue weighted by Crippen LogP contribution is -2.65. The number of nitrogens with one attached hydrogen (secondary N) is 3. The van der Waals surface area contributed by atoms with Gasteiger partial charge in [0, 0.05) is 12.1 Å². The molecule has 1 aliphatic heterocycles. The van der Waals surface area contributed by atoms with Crippen LogP contribution in [0.5, 0.6) is 0 Å². The Morgan fingerprint density at radius 3 is 2.38 bits per heavy atom. The fourth-order valence-electron chi connectivity index (χ4n) is 2.53. The smallest absolute Gasteiger partial charge is 0.242 e. The van der Waals surface area contributed by atoms with Crippen LogP contribution in [0.25, 0.3) is 0 Å².